The van der Waals surface area contributed by atoms with Crippen molar-refractivity contribution in [1.82, 2.24) is 10.6 Å². The maximum absolute atomic E-state index is 11.7. The molecule has 0 aliphatic rings. The van der Waals surface area contributed by atoms with Crippen molar-refractivity contribution in [2.24, 2.45) is 0 Å². The number of nitrogens with one attached hydrogen (secondary N) is 2. The number of amides is 3. The Morgan fingerprint density at radius 1 is 1.32 bits per heavy atom. The zero-order chi connectivity index (χ0) is 16.7. The normalized spacial score (nSPS) is 10.5. The summed E-state index contributed by atoms with van der Waals surface area (Å²) < 4.78 is 5.50. The average molecular weight is 327 g/mol. The van der Waals surface area contributed by atoms with E-state index in [0.29, 0.717) is 17.3 Å². The lowest BCUT2D eigenvalue weighted by Crippen LogP contribution is -2.41. The number of carbonyl (C=O) groups is 2. The summed E-state index contributed by atoms with van der Waals surface area (Å²) >= 11 is 6.19. The molecular formula is C16H23ClN2O3. The SMILES string of the molecule is CCCNC(=O)NC(=O)COc1cc(C(C)C)c(Cl)cc1C. The van der Waals surface area contributed by atoms with Crippen LogP contribution in [0.2, 0.25) is 5.02 Å². The van der Waals surface area contributed by atoms with E-state index in [2.05, 4.69) is 10.6 Å². The summed E-state index contributed by atoms with van der Waals surface area (Å²) in [4.78, 5) is 23.0. The first-order chi connectivity index (χ1) is 10.3. The van der Waals surface area contributed by atoms with Crippen LogP contribution in [0, 0.1) is 6.92 Å². The lowest BCUT2D eigenvalue weighted by atomic mass is 10.0. The van der Waals surface area contributed by atoms with E-state index in [1.165, 1.54) is 0 Å². The highest BCUT2D eigenvalue weighted by Crippen LogP contribution is 2.31. The fourth-order valence-corrected chi connectivity index (χ4v) is 2.29. The number of urea groups is 1. The molecule has 0 aliphatic carbocycles. The number of ether oxygens (including phenoxy) is 1. The van der Waals surface area contributed by atoms with Crippen LogP contribution in [0.25, 0.3) is 0 Å². The average Bonchev–Trinajstić information content (AvgIpc) is 2.43. The summed E-state index contributed by atoms with van der Waals surface area (Å²) in [7, 11) is 0. The van der Waals surface area contributed by atoms with Crippen molar-refractivity contribution in [3.63, 3.8) is 0 Å². The molecule has 6 heteroatoms. The van der Waals surface area contributed by atoms with Crippen LogP contribution in [0.4, 0.5) is 4.79 Å². The largest absolute Gasteiger partial charge is 0.483 e. The van der Waals surface area contributed by atoms with E-state index in [-0.39, 0.29) is 12.5 Å². The van der Waals surface area contributed by atoms with E-state index in [1.54, 1.807) is 0 Å². The molecule has 0 fully saturated rings. The van der Waals surface area contributed by atoms with Crippen LogP contribution in [0.3, 0.4) is 0 Å². The van der Waals surface area contributed by atoms with Crippen molar-refractivity contribution < 1.29 is 14.3 Å². The molecule has 1 aromatic rings. The number of carbonyl (C=O) groups excluding carboxylic acids is 2. The molecule has 5 nitrogen and oxygen atoms in total. The quantitative estimate of drug-likeness (QED) is 0.842. The fourth-order valence-electron chi connectivity index (χ4n) is 1.86. The highest BCUT2D eigenvalue weighted by atomic mass is 35.5. The van der Waals surface area contributed by atoms with E-state index in [0.717, 1.165) is 17.5 Å². The maximum Gasteiger partial charge on any atom is 0.321 e. The van der Waals surface area contributed by atoms with Crippen LogP contribution in [0.1, 0.15) is 44.2 Å². The molecule has 2 N–H and O–H groups in total. The molecule has 3 amide bonds. The predicted octanol–water partition coefficient (Wildman–Crippen LogP) is 3.39. The standard InChI is InChI=1S/C16H23ClN2O3/c1-5-6-18-16(21)19-15(20)9-22-14-8-12(10(2)3)13(17)7-11(14)4/h7-8,10H,5-6,9H2,1-4H3,(H2,18,19,20,21). The zero-order valence-electron chi connectivity index (χ0n) is 13.5. The Bertz CT molecular complexity index is 544. The zero-order valence-corrected chi connectivity index (χ0v) is 14.2. The molecule has 22 heavy (non-hydrogen) atoms. The minimum atomic E-state index is -0.508. The van der Waals surface area contributed by atoms with Crippen LogP contribution in [0.5, 0.6) is 5.75 Å². The molecular weight excluding hydrogens is 304 g/mol. The first-order valence-corrected chi connectivity index (χ1v) is 7.73. The van der Waals surface area contributed by atoms with Gasteiger partial charge in [0.25, 0.3) is 5.91 Å². The summed E-state index contributed by atoms with van der Waals surface area (Å²) in [6.45, 7) is 8.15. The molecule has 0 saturated carbocycles. The van der Waals surface area contributed by atoms with Crippen LogP contribution in [-0.4, -0.2) is 25.1 Å². The van der Waals surface area contributed by atoms with Gasteiger partial charge in [0.2, 0.25) is 0 Å². The minimum Gasteiger partial charge on any atom is -0.483 e. The van der Waals surface area contributed by atoms with Gasteiger partial charge in [-0.1, -0.05) is 32.4 Å². The smallest absolute Gasteiger partial charge is 0.321 e. The van der Waals surface area contributed by atoms with E-state index in [4.69, 9.17) is 16.3 Å². The van der Waals surface area contributed by atoms with Crippen LogP contribution >= 0.6 is 11.6 Å². The monoisotopic (exact) mass is 326 g/mol. The summed E-state index contributed by atoms with van der Waals surface area (Å²) in [5.41, 5.74) is 1.81. The number of rotatable bonds is 6. The van der Waals surface area contributed by atoms with Crippen molar-refractivity contribution >= 4 is 23.5 Å². The van der Waals surface area contributed by atoms with Gasteiger partial charge in [0.15, 0.2) is 6.61 Å². The van der Waals surface area contributed by atoms with E-state index in [1.807, 2.05) is 39.8 Å². The lowest BCUT2D eigenvalue weighted by molar-refractivity contribution is -0.122. The number of aryl methyl sites for hydroxylation is 1. The van der Waals surface area contributed by atoms with E-state index >= 15 is 0 Å². The highest BCUT2D eigenvalue weighted by molar-refractivity contribution is 6.31. The number of hydrogen-bond donors (Lipinski definition) is 2. The lowest BCUT2D eigenvalue weighted by Gasteiger charge is -2.14. The molecule has 0 saturated heterocycles. The van der Waals surface area contributed by atoms with Crippen LogP contribution < -0.4 is 15.4 Å². The van der Waals surface area contributed by atoms with Crippen LogP contribution in [-0.2, 0) is 4.79 Å². The molecule has 122 valence electrons. The summed E-state index contributed by atoms with van der Waals surface area (Å²) in [6.07, 6.45) is 0.806. The van der Waals surface area contributed by atoms with Crippen molar-refractivity contribution in [3.8, 4) is 5.75 Å². The predicted molar refractivity (Wildman–Crippen MR) is 87.6 cm³/mol. The Kier molecular flexibility index (Phi) is 7.18. The van der Waals surface area contributed by atoms with Gasteiger partial charge in [-0.05, 0) is 42.5 Å². The number of hydrogen-bond acceptors (Lipinski definition) is 3. The first kappa shape index (κ1) is 18.3. The molecule has 0 spiro atoms. The van der Waals surface area contributed by atoms with Crippen molar-refractivity contribution in [2.45, 2.75) is 40.0 Å². The molecule has 0 heterocycles. The van der Waals surface area contributed by atoms with Crippen molar-refractivity contribution in [2.75, 3.05) is 13.2 Å². The minimum absolute atomic E-state index is 0.223. The second kappa shape index (κ2) is 8.63. The Morgan fingerprint density at radius 2 is 2.00 bits per heavy atom. The third-order valence-electron chi connectivity index (χ3n) is 3.06. The van der Waals surface area contributed by atoms with Gasteiger partial charge in [-0.2, -0.15) is 0 Å². The maximum atomic E-state index is 11.7. The Morgan fingerprint density at radius 3 is 2.59 bits per heavy atom. The molecule has 1 rings (SSSR count). The van der Waals surface area contributed by atoms with Gasteiger partial charge in [0, 0.05) is 11.6 Å². The molecule has 0 atom stereocenters. The molecule has 0 bridgehead atoms. The third-order valence-corrected chi connectivity index (χ3v) is 3.39. The fraction of sp³-hybridized carbons (Fsp3) is 0.500. The van der Waals surface area contributed by atoms with Gasteiger partial charge < -0.3 is 10.1 Å². The summed E-state index contributed by atoms with van der Waals surface area (Å²) in [6, 6.07) is 3.15. The molecule has 0 unspecified atom stereocenters. The van der Waals surface area contributed by atoms with Crippen molar-refractivity contribution in [3.05, 3.63) is 28.3 Å². The Hall–Kier alpha value is -1.75. The molecule has 0 radical (unpaired) electrons. The first-order valence-electron chi connectivity index (χ1n) is 7.35. The summed E-state index contributed by atoms with van der Waals surface area (Å²) in [5, 5.41) is 5.46. The molecule has 1 aromatic carbocycles. The molecule has 0 aromatic heterocycles. The number of benzene rings is 1. The van der Waals surface area contributed by atoms with Crippen LogP contribution in [0.15, 0.2) is 12.1 Å². The molecule has 0 aliphatic heterocycles. The Balaban J connectivity index is 2.62. The van der Waals surface area contributed by atoms with E-state index < -0.39 is 11.9 Å². The van der Waals surface area contributed by atoms with Gasteiger partial charge in [0.05, 0.1) is 0 Å². The highest BCUT2D eigenvalue weighted by Gasteiger charge is 2.12. The van der Waals surface area contributed by atoms with E-state index in [9.17, 15) is 9.59 Å². The van der Waals surface area contributed by atoms with Gasteiger partial charge in [0.1, 0.15) is 5.75 Å². The van der Waals surface area contributed by atoms with Crippen molar-refractivity contribution in [1.29, 1.82) is 0 Å². The van der Waals surface area contributed by atoms with Gasteiger partial charge >= 0.3 is 6.03 Å². The second-order valence-corrected chi connectivity index (χ2v) is 5.79. The topological polar surface area (TPSA) is 67.4 Å². The number of imide groups is 1. The third kappa shape index (κ3) is 5.56. The Labute approximate surface area is 136 Å². The second-order valence-electron chi connectivity index (χ2n) is 5.39. The van der Waals surface area contributed by atoms with Gasteiger partial charge in [-0.15, -0.1) is 0 Å². The van der Waals surface area contributed by atoms with Gasteiger partial charge in [-0.3, -0.25) is 10.1 Å². The van der Waals surface area contributed by atoms with Gasteiger partial charge in [-0.25, -0.2) is 4.79 Å². The number of halogens is 1. The summed E-state index contributed by atoms with van der Waals surface area (Å²) in [5.74, 6) is 0.357.